The lowest BCUT2D eigenvalue weighted by Gasteiger charge is -2.22. The molecule has 4 nitrogen and oxygen atoms in total. The highest BCUT2D eigenvalue weighted by atomic mass is 19.1. The molecule has 250 valence electrons. The number of aryl methyl sites for hydroxylation is 6. The fraction of sp³-hybridized carbons (Fsp3) is 0.349. The fourth-order valence-electron chi connectivity index (χ4n) is 7.00. The minimum atomic E-state index is -0.196. The van der Waals surface area contributed by atoms with Gasteiger partial charge in [-0.2, -0.15) is 4.57 Å². The minimum absolute atomic E-state index is 0.117. The van der Waals surface area contributed by atoms with E-state index in [1.54, 1.807) is 6.07 Å². The first-order valence-electron chi connectivity index (χ1n) is 17.3. The van der Waals surface area contributed by atoms with Gasteiger partial charge in [0.25, 0.3) is 5.82 Å². The molecule has 0 saturated heterocycles. The number of aromatic nitrogens is 4. The molecule has 2 heterocycles. The van der Waals surface area contributed by atoms with Gasteiger partial charge in [0.15, 0.2) is 0 Å². The molecule has 48 heavy (non-hydrogen) atoms. The molecule has 1 unspecified atom stereocenters. The Hall–Kier alpha value is -4.51. The second kappa shape index (κ2) is 14.3. The number of rotatable bonds is 7. The van der Waals surface area contributed by atoms with Crippen LogP contribution in [0.15, 0.2) is 91.5 Å². The number of hydrogen-bond donors (Lipinski definition) is 0. The molecule has 0 saturated carbocycles. The van der Waals surface area contributed by atoms with Gasteiger partial charge in [0.1, 0.15) is 40.8 Å². The second-order valence-electron chi connectivity index (χ2n) is 14.0. The summed E-state index contributed by atoms with van der Waals surface area (Å²) < 4.78 is 21.4. The number of nitrogens with zero attached hydrogens (tertiary/aromatic N) is 4. The van der Waals surface area contributed by atoms with Crippen molar-refractivity contribution in [3.63, 3.8) is 0 Å². The van der Waals surface area contributed by atoms with Gasteiger partial charge in [-0.3, -0.25) is 4.57 Å². The van der Waals surface area contributed by atoms with Crippen LogP contribution in [-0.4, -0.2) is 14.1 Å². The predicted octanol–water partition coefficient (Wildman–Crippen LogP) is 10.7. The standard InChI is InChI=1S/C24H30FN2.C19H22N2/c1-7-19-15-17(3)22(18(4)16-19)26-13-14-27(24(5,6)8-2)23(26)20-11-9-10-12-21(20)25;1-13-6-5-7-17(12-13)19-20-8-9-21(19)18-15(3)10-14(2)11-16(18)4/h9-16H,7-8H2,1-6H3;5,7-13H,6H2,1-4H3/q+1;. The summed E-state index contributed by atoms with van der Waals surface area (Å²) in [4.78, 5) is 4.60. The lowest BCUT2D eigenvalue weighted by Crippen LogP contribution is -2.52. The Morgan fingerprint density at radius 1 is 0.875 bits per heavy atom. The van der Waals surface area contributed by atoms with Crippen molar-refractivity contribution in [1.29, 1.82) is 0 Å². The Morgan fingerprint density at radius 2 is 1.50 bits per heavy atom. The Labute approximate surface area is 287 Å². The molecule has 5 heteroatoms. The van der Waals surface area contributed by atoms with Gasteiger partial charge in [0.05, 0.1) is 5.69 Å². The highest BCUT2D eigenvalue weighted by Crippen LogP contribution is 2.31. The lowest BCUT2D eigenvalue weighted by atomic mass is 9.97. The van der Waals surface area contributed by atoms with E-state index in [1.807, 2.05) is 18.3 Å². The number of allylic oxidation sites excluding steroid dienone is 4. The summed E-state index contributed by atoms with van der Waals surface area (Å²) in [5.74, 6) is 2.30. The third-order valence-corrected chi connectivity index (χ3v) is 9.70. The maximum atomic E-state index is 14.8. The van der Waals surface area contributed by atoms with Gasteiger partial charge < -0.3 is 0 Å². The van der Waals surface area contributed by atoms with Crippen LogP contribution in [0.4, 0.5) is 4.39 Å². The third kappa shape index (κ3) is 7.01. The quantitative estimate of drug-likeness (QED) is 0.162. The van der Waals surface area contributed by atoms with Crippen molar-refractivity contribution in [2.45, 2.75) is 94.0 Å². The summed E-state index contributed by atoms with van der Waals surface area (Å²) in [6.07, 6.45) is 17.9. The van der Waals surface area contributed by atoms with Crippen LogP contribution >= 0.6 is 0 Å². The van der Waals surface area contributed by atoms with Crippen LogP contribution in [0, 0.1) is 46.4 Å². The maximum absolute atomic E-state index is 14.8. The highest BCUT2D eigenvalue weighted by molar-refractivity contribution is 5.73. The van der Waals surface area contributed by atoms with Crippen molar-refractivity contribution < 1.29 is 8.96 Å². The molecular weight excluding hydrogens is 591 g/mol. The molecule has 1 aliphatic carbocycles. The van der Waals surface area contributed by atoms with Gasteiger partial charge in [0, 0.05) is 18.0 Å². The van der Waals surface area contributed by atoms with Gasteiger partial charge in [-0.1, -0.05) is 81.0 Å². The van der Waals surface area contributed by atoms with Crippen LogP contribution in [0.3, 0.4) is 0 Å². The van der Waals surface area contributed by atoms with Crippen molar-refractivity contribution in [3.05, 3.63) is 137 Å². The number of imidazole rings is 2. The Balaban J connectivity index is 0.000000194. The molecule has 0 radical (unpaired) electrons. The molecule has 3 aromatic carbocycles. The summed E-state index contributed by atoms with van der Waals surface area (Å²) in [5.41, 5.74) is 11.8. The number of halogens is 1. The van der Waals surface area contributed by atoms with Crippen LogP contribution in [0.5, 0.6) is 0 Å². The molecule has 0 aliphatic heterocycles. The van der Waals surface area contributed by atoms with Crippen LogP contribution < -0.4 is 4.57 Å². The van der Waals surface area contributed by atoms with E-state index in [0.29, 0.717) is 11.5 Å². The molecule has 0 fully saturated rings. The van der Waals surface area contributed by atoms with E-state index in [1.165, 1.54) is 50.7 Å². The largest absolute Gasteiger partial charge is 0.299 e. The van der Waals surface area contributed by atoms with Crippen molar-refractivity contribution in [2.24, 2.45) is 5.92 Å². The molecule has 0 spiro atoms. The number of benzene rings is 3. The average molecular weight is 644 g/mol. The normalized spacial score (nSPS) is 14.5. The van der Waals surface area contributed by atoms with Gasteiger partial charge in [-0.15, -0.1) is 0 Å². The zero-order chi connectivity index (χ0) is 34.7. The first-order valence-corrected chi connectivity index (χ1v) is 17.3. The topological polar surface area (TPSA) is 26.6 Å². The Morgan fingerprint density at radius 3 is 2.10 bits per heavy atom. The summed E-state index contributed by atoms with van der Waals surface area (Å²) in [5, 5.41) is 0. The molecule has 0 amide bonds. The van der Waals surface area contributed by atoms with Gasteiger partial charge in [-0.25, -0.2) is 13.9 Å². The van der Waals surface area contributed by atoms with Gasteiger partial charge in [-0.05, 0) is 114 Å². The zero-order valence-corrected chi connectivity index (χ0v) is 30.5. The summed E-state index contributed by atoms with van der Waals surface area (Å²) in [6, 6.07) is 16.0. The molecule has 1 aliphatic rings. The maximum Gasteiger partial charge on any atom is 0.297 e. The summed E-state index contributed by atoms with van der Waals surface area (Å²) in [7, 11) is 0. The van der Waals surface area contributed by atoms with Crippen LogP contribution in [-0.2, 0) is 12.0 Å². The molecule has 0 bridgehead atoms. The monoisotopic (exact) mass is 643 g/mol. The lowest BCUT2D eigenvalue weighted by molar-refractivity contribution is -0.747. The van der Waals surface area contributed by atoms with Gasteiger partial charge >= 0.3 is 0 Å². The average Bonchev–Trinajstić information content (AvgIpc) is 3.69. The van der Waals surface area contributed by atoms with Crippen molar-refractivity contribution in [1.82, 2.24) is 14.1 Å². The first-order chi connectivity index (χ1) is 22.9. The molecule has 2 aromatic heterocycles. The number of hydrogen-bond acceptors (Lipinski definition) is 1. The van der Waals surface area contributed by atoms with Crippen molar-refractivity contribution >= 4 is 5.57 Å². The third-order valence-electron chi connectivity index (χ3n) is 9.70. The minimum Gasteiger partial charge on any atom is -0.299 e. The summed E-state index contributed by atoms with van der Waals surface area (Å²) in [6.45, 7) is 21.8. The van der Waals surface area contributed by atoms with E-state index in [4.69, 9.17) is 0 Å². The Kier molecular flexibility index (Phi) is 10.4. The Bertz CT molecular complexity index is 1940. The smallest absolute Gasteiger partial charge is 0.297 e. The van der Waals surface area contributed by atoms with E-state index in [9.17, 15) is 4.39 Å². The molecule has 5 aromatic rings. The summed E-state index contributed by atoms with van der Waals surface area (Å²) >= 11 is 0. The van der Waals surface area contributed by atoms with Crippen LogP contribution in [0.2, 0.25) is 0 Å². The first kappa shape index (κ1) is 34.8. The molecule has 0 N–H and O–H groups in total. The highest BCUT2D eigenvalue weighted by Gasteiger charge is 2.33. The van der Waals surface area contributed by atoms with Crippen LogP contribution in [0.1, 0.15) is 86.7 Å². The molecule has 1 atom stereocenters. The van der Waals surface area contributed by atoms with E-state index >= 15 is 0 Å². The van der Waals surface area contributed by atoms with Crippen LogP contribution in [0.25, 0.3) is 28.3 Å². The SMILES string of the molecule is CCc1cc(C)c(-n2cc[n+](C(C)(C)CC)c2-c2ccccc2F)c(C)c1.Cc1cc(C)c(-n2ccnc2C2=CC(C)CC=C2)c(C)c1. The van der Waals surface area contributed by atoms with E-state index < -0.39 is 0 Å². The van der Waals surface area contributed by atoms with Crippen molar-refractivity contribution in [2.75, 3.05) is 0 Å². The van der Waals surface area contributed by atoms with E-state index in [2.05, 4.69) is 149 Å². The van der Waals surface area contributed by atoms with Gasteiger partial charge in [0.2, 0.25) is 0 Å². The van der Waals surface area contributed by atoms with E-state index in [-0.39, 0.29) is 11.4 Å². The van der Waals surface area contributed by atoms with Crippen molar-refractivity contribution in [3.8, 4) is 22.8 Å². The fourth-order valence-corrected chi connectivity index (χ4v) is 7.00. The predicted molar refractivity (Wildman–Crippen MR) is 198 cm³/mol. The molecular formula is C43H52FN4+. The molecule has 6 rings (SSSR count). The van der Waals surface area contributed by atoms with E-state index in [0.717, 1.165) is 36.6 Å². The zero-order valence-electron chi connectivity index (χ0n) is 30.5. The second-order valence-corrected chi connectivity index (χ2v) is 14.0.